The van der Waals surface area contributed by atoms with Gasteiger partial charge in [0.25, 0.3) is 5.91 Å². The smallest absolute Gasteiger partial charge is 0.271 e. The van der Waals surface area contributed by atoms with Crippen LogP contribution >= 0.6 is 0 Å². The van der Waals surface area contributed by atoms with Gasteiger partial charge in [-0.1, -0.05) is 23.8 Å². The average Bonchev–Trinajstić information content (AvgIpc) is 3.40. The van der Waals surface area contributed by atoms with Gasteiger partial charge >= 0.3 is 0 Å². The normalized spacial score (nSPS) is 14.2. The van der Waals surface area contributed by atoms with Crippen molar-refractivity contribution in [1.29, 1.82) is 0 Å². The number of benzene rings is 3. The molecular weight excluding hydrogens is 378 g/mol. The lowest BCUT2D eigenvalue weighted by atomic mass is 10.1. The van der Waals surface area contributed by atoms with Gasteiger partial charge in [-0.15, -0.1) is 0 Å². The lowest BCUT2D eigenvalue weighted by molar-refractivity contribution is 0.0955. The number of nitrogens with zero attached hydrogens (tertiary/aromatic N) is 2. The molecule has 0 saturated heterocycles. The predicted octanol–water partition coefficient (Wildman–Crippen LogP) is 4.01. The Morgan fingerprint density at radius 1 is 0.967 bits per heavy atom. The quantitative estimate of drug-likeness (QED) is 0.532. The first-order valence-electron chi connectivity index (χ1n) is 9.82. The second kappa shape index (κ2) is 7.55. The molecule has 0 saturated carbocycles. The Bertz CT molecular complexity index is 1140. The van der Waals surface area contributed by atoms with Crippen LogP contribution in [0.5, 0.6) is 11.5 Å². The van der Waals surface area contributed by atoms with Gasteiger partial charge in [0.05, 0.1) is 6.21 Å². The van der Waals surface area contributed by atoms with Crippen molar-refractivity contribution in [2.24, 2.45) is 5.10 Å². The first kappa shape index (κ1) is 18.2. The third kappa shape index (κ3) is 3.59. The van der Waals surface area contributed by atoms with Gasteiger partial charge in [0, 0.05) is 24.3 Å². The van der Waals surface area contributed by atoms with Crippen LogP contribution < -0.4 is 19.8 Å². The summed E-state index contributed by atoms with van der Waals surface area (Å²) >= 11 is 0. The number of amides is 1. The number of carbonyl (C=O) groups excluding carboxylic acids is 1. The third-order valence-electron chi connectivity index (χ3n) is 5.37. The first-order chi connectivity index (χ1) is 14.7. The zero-order valence-corrected chi connectivity index (χ0v) is 16.6. The lowest BCUT2D eigenvalue weighted by Gasteiger charge is -2.17. The van der Waals surface area contributed by atoms with Crippen LogP contribution in [0.2, 0.25) is 0 Å². The summed E-state index contributed by atoms with van der Waals surface area (Å²) < 4.78 is 10.6. The molecule has 0 fully saturated rings. The molecule has 2 heterocycles. The highest BCUT2D eigenvalue weighted by atomic mass is 16.7. The van der Waals surface area contributed by atoms with Crippen molar-refractivity contribution < 1.29 is 14.3 Å². The number of hydrazone groups is 1. The molecule has 0 radical (unpaired) electrons. The van der Waals surface area contributed by atoms with Crippen LogP contribution in [-0.4, -0.2) is 18.9 Å². The standard InChI is InChI=1S/C24H21N3O3/c1-16-2-7-21(8-3-16)27-13-19-6-5-18(11-20(19)14-27)24(28)26-25-12-17-4-9-22-23(10-17)30-15-29-22/h2-12H,13-15H2,1H3,(H,26,28)/b25-12+. The van der Waals surface area contributed by atoms with E-state index in [4.69, 9.17) is 9.47 Å². The van der Waals surface area contributed by atoms with Crippen LogP contribution in [-0.2, 0) is 13.1 Å². The monoisotopic (exact) mass is 399 g/mol. The van der Waals surface area contributed by atoms with Gasteiger partial charge in [-0.25, -0.2) is 5.43 Å². The molecule has 3 aromatic rings. The molecule has 30 heavy (non-hydrogen) atoms. The number of rotatable bonds is 4. The fourth-order valence-corrected chi connectivity index (χ4v) is 3.70. The van der Waals surface area contributed by atoms with Gasteiger partial charge in [0.1, 0.15) is 0 Å². The van der Waals surface area contributed by atoms with Gasteiger partial charge in [-0.3, -0.25) is 4.79 Å². The molecule has 150 valence electrons. The van der Waals surface area contributed by atoms with Crippen molar-refractivity contribution in [3.05, 3.63) is 88.5 Å². The summed E-state index contributed by atoms with van der Waals surface area (Å²) in [6, 6.07) is 19.9. The van der Waals surface area contributed by atoms with E-state index in [9.17, 15) is 4.79 Å². The van der Waals surface area contributed by atoms with E-state index in [0.717, 1.165) is 18.7 Å². The summed E-state index contributed by atoms with van der Waals surface area (Å²) in [5.74, 6) is 1.17. The molecule has 5 rings (SSSR count). The highest BCUT2D eigenvalue weighted by Gasteiger charge is 2.20. The highest BCUT2D eigenvalue weighted by Crippen LogP contribution is 2.32. The molecule has 0 aliphatic carbocycles. The second-order valence-corrected chi connectivity index (χ2v) is 7.49. The first-order valence-corrected chi connectivity index (χ1v) is 9.82. The largest absolute Gasteiger partial charge is 0.454 e. The van der Waals surface area contributed by atoms with Gasteiger partial charge < -0.3 is 14.4 Å². The molecule has 0 atom stereocenters. The van der Waals surface area contributed by atoms with Crippen LogP contribution in [0.1, 0.15) is 32.6 Å². The number of fused-ring (bicyclic) bond motifs is 2. The van der Waals surface area contributed by atoms with Gasteiger partial charge in [-0.2, -0.15) is 5.10 Å². The minimum absolute atomic E-state index is 0.229. The molecule has 2 aliphatic rings. The van der Waals surface area contributed by atoms with Crippen molar-refractivity contribution in [2.75, 3.05) is 11.7 Å². The maximum absolute atomic E-state index is 12.5. The van der Waals surface area contributed by atoms with E-state index in [1.807, 2.05) is 36.4 Å². The Kier molecular flexibility index (Phi) is 4.59. The molecule has 0 unspecified atom stereocenters. The van der Waals surface area contributed by atoms with E-state index < -0.39 is 0 Å². The Morgan fingerprint density at radius 2 is 1.77 bits per heavy atom. The summed E-state index contributed by atoms with van der Waals surface area (Å²) in [6.07, 6.45) is 1.59. The van der Waals surface area contributed by atoms with E-state index in [-0.39, 0.29) is 12.7 Å². The summed E-state index contributed by atoms with van der Waals surface area (Å²) in [5.41, 5.74) is 8.87. The number of hydrogen-bond donors (Lipinski definition) is 1. The number of carbonyl (C=O) groups is 1. The Balaban J connectivity index is 1.24. The molecule has 1 amide bonds. The van der Waals surface area contributed by atoms with Crippen molar-refractivity contribution in [2.45, 2.75) is 20.0 Å². The molecule has 6 heteroatoms. The topological polar surface area (TPSA) is 63.2 Å². The minimum Gasteiger partial charge on any atom is -0.454 e. The number of aryl methyl sites for hydroxylation is 1. The minimum atomic E-state index is -0.233. The SMILES string of the molecule is Cc1ccc(N2Cc3ccc(C(=O)N/N=C/c4ccc5c(c4)OCO5)cc3C2)cc1. The van der Waals surface area contributed by atoms with E-state index in [2.05, 4.69) is 46.6 Å². The maximum Gasteiger partial charge on any atom is 0.271 e. The molecular formula is C24H21N3O3. The number of hydrogen-bond acceptors (Lipinski definition) is 5. The molecule has 3 aromatic carbocycles. The van der Waals surface area contributed by atoms with E-state index in [1.165, 1.54) is 22.4 Å². The molecule has 0 spiro atoms. The number of anilines is 1. The van der Waals surface area contributed by atoms with Crippen molar-refractivity contribution in [1.82, 2.24) is 5.43 Å². The highest BCUT2D eigenvalue weighted by molar-refractivity contribution is 5.95. The Hall–Kier alpha value is -3.80. The van der Waals surface area contributed by atoms with Crippen LogP contribution in [0.3, 0.4) is 0 Å². The van der Waals surface area contributed by atoms with Gasteiger partial charge in [-0.05, 0) is 66.1 Å². The lowest BCUT2D eigenvalue weighted by Crippen LogP contribution is -2.17. The fraction of sp³-hybridized carbons (Fsp3) is 0.167. The summed E-state index contributed by atoms with van der Waals surface area (Å²) in [6.45, 7) is 3.96. The predicted molar refractivity (Wildman–Crippen MR) is 115 cm³/mol. The van der Waals surface area contributed by atoms with E-state index >= 15 is 0 Å². The third-order valence-corrected chi connectivity index (χ3v) is 5.37. The molecule has 2 aliphatic heterocycles. The zero-order chi connectivity index (χ0) is 20.5. The Labute approximate surface area is 174 Å². The van der Waals surface area contributed by atoms with Crippen LogP contribution in [0, 0.1) is 6.92 Å². The maximum atomic E-state index is 12.5. The van der Waals surface area contributed by atoms with Crippen molar-refractivity contribution in [3.8, 4) is 11.5 Å². The van der Waals surface area contributed by atoms with E-state index in [1.54, 1.807) is 6.21 Å². The van der Waals surface area contributed by atoms with Crippen molar-refractivity contribution in [3.63, 3.8) is 0 Å². The zero-order valence-electron chi connectivity index (χ0n) is 16.6. The van der Waals surface area contributed by atoms with Crippen LogP contribution in [0.15, 0.2) is 65.8 Å². The van der Waals surface area contributed by atoms with E-state index in [0.29, 0.717) is 17.1 Å². The van der Waals surface area contributed by atoms with Gasteiger partial charge in [0.2, 0.25) is 6.79 Å². The van der Waals surface area contributed by atoms with Crippen LogP contribution in [0.25, 0.3) is 0 Å². The van der Waals surface area contributed by atoms with Gasteiger partial charge in [0.15, 0.2) is 11.5 Å². The molecule has 1 N–H and O–H groups in total. The van der Waals surface area contributed by atoms with Crippen LogP contribution in [0.4, 0.5) is 5.69 Å². The fourth-order valence-electron chi connectivity index (χ4n) is 3.70. The summed E-state index contributed by atoms with van der Waals surface area (Å²) in [4.78, 5) is 14.8. The second-order valence-electron chi connectivity index (χ2n) is 7.49. The average molecular weight is 399 g/mol. The molecule has 6 nitrogen and oxygen atoms in total. The molecule has 0 aromatic heterocycles. The number of nitrogens with one attached hydrogen (secondary N) is 1. The van der Waals surface area contributed by atoms with Crippen molar-refractivity contribution >= 4 is 17.8 Å². The summed E-state index contributed by atoms with van der Waals surface area (Å²) in [7, 11) is 0. The summed E-state index contributed by atoms with van der Waals surface area (Å²) in [5, 5.41) is 4.08. The molecule has 0 bridgehead atoms. The number of ether oxygens (including phenoxy) is 2. The Morgan fingerprint density at radius 3 is 2.63 bits per heavy atom.